The van der Waals surface area contributed by atoms with E-state index in [1.54, 1.807) is 49.9 Å². The van der Waals surface area contributed by atoms with Crippen LogP contribution in [0.1, 0.15) is 54.3 Å². The van der Waals surface area contributed by atoms with Crippen LogP contribution in [-0.4, -0.2) is 170 Å². The van der Waals surface area contributed by atoms with Gasteiger partial charge in [-0.2, -0.15) is 0 Å². The van der Waals surface area contributed by atoms with Gasteiger partial charge < -0.3 is 30.0 Å². The van der Waals surface area contributed by atoms with Gasteiger partial charge in [0.05, 0.1) is 0 Å². The zero-order chi connectivity index (χ0) is 47.2. The minimum Gasteiger partial charge on any atom is -0.862 e. The summed E-state index contributed by atoms with van der Waals surface area (Å²) in [5, 5.41) is 25.0. The van der Waals surface area contributed by atoms with E-state index in [4.69, 9.17) is 0 Å². The van der Waals surface area contributed by atoms with Gasteiger partial charge in [-0.3, -0.25) is 38.8 Å². The molecule has 0 unspecified atom stereocenters. The molecule has 14 nitrogen and oxygen atoms in total. The van der Waals surface area contributed by atoms with Crippen LogP contribution in [0, 0.1) is 127 Å². The van der Waals surface area contributed by atoms with Gasteiger partial charge in [-0.05, 0) is 178 Å². The van der Waals surface area contributed by atoms with Crippen LogP contribution in [-0.2, 0) is 17.1 Å². The summed E-state index contributed by atoms with van der Waals surface area (Å²) in [7, 11) is 0. The standard InChI is InChI=1S/C44H50N8O6.2C5H5.Fe/c53-39(31-7-1-2-8-31)45-15-5-17-47-19-23-49(24-20-47)27-29-51-41(55)33-11-13-35-38-36(14-12-34(37(33)38)42(51)56)44(58)52(43(35)57)30-28-50-25-21-48(22-26-50)18-6-16-46-40(54)32-9-3-4-10-32;2*1-2-4-5-3-1;/h1-4,7-14H,5-6,15-30H2,(H,45,53)(H,46,54);2*1-5H;/q;;;+2/p-2. The maximum atomic E-state index is 13.8. The first-order valence-electron chi connectivity index (χ1n) is 23.7. The van der Waals surface area contributed by atoms with Crippen LogP contribution in [0.2, 0.25) is 0 Å². The van der Waals surface area contributed by atoms with Crippen LogP contribution in [0.15, 0.2) is 34.3 Å². The Labute approximate surface area is 421 Å². The summed E-state index contributed by atoms with van der Waals surface area (Å²) < 4.78 is 0. The Hall–Kier alpha value is -3.72. The number of piperazine rings is 2. The molecule has 10 rings (SSSR count). The Morgan fingerprint density at radius 3 is 0.928 bits per heavy atom. The van der Waals surface area contributed by atoms with Crippen LogP contribution in [0.4, 0.5) is 0 Å². The van der Waals surface area contributed by atoms with E-state index in [0.717, 1.165) is 78.3 Å². The second-order valence-electron chi connectivity index (χ2n) is 17.3. The molecule has 0 aromatic heterocycles. The van der Waals surface area contributed by atoms with E-state index in [1.165, 1.54) is 9.80 Å². The normalized spacial score (nSPS) is 22.3. The SMILES string of the molecule is O=C1c2ccc3c4c(ccc(c24)C(=O)N1CCN1CCN(CCCN=C([O-])[C]2[CH][CH][CH][CH]2)CC1)C(=O)N(CCN1CCN(CCCN=C([O-])[C]2[CH][CH][CH][CH]2)CC1)C3=O.[CH]1[CH][CH][CH][CH]1.[CH]1[CH][CH][CH][CH]1.[Fe+2]. The number of carbonyl (C=O) groups excluding carboxylic acids is 4. The molecule has 20 radical (unpaired) electrons. The van der Waals surface area contributed by atoms with Crippen molar-refractivity contribution < 1.29 is 46.5 Å². The van der Waals surface area contributed by atoms with E-state index in [2.05, 4.69) is 29.6 Å². The smallest absolute Gasteiger partial charge is 0.862 e. The van der Waals surface area contributed by atoms with E-state index in [1.807, 2.05) is 89.9 Å². The fourth-order valence-corrected chi connectivity index (χ4v) is 9.14. The van der Waals surface area contributed by atoms with Gasteiger partial charge in [0.15, 0.2) is 0 Å². The average molecular weight is 971 g/mol. The van der Waals surface area contributed by atoms with E-state index >= 15 is 0 Å². The van der Waals surface area contributed by atoms with Gasteiger partial charge in [0.2, 0.25) is 0 Å². The summed E-state index contributed by atoms with van der Waals surface area (Å²) >= 11 is 0. The first-order chi connectivity index (χ1) is 33.3. The third-order valence-electron chi connectivity index (χ3n) is 13.0. The Morgan fingerprint density at radius 1 is 0.391 bits per heavy atom. The minimum absolute atomic E-state index is 0. The van der Waals surface area contributed by atoms with Gasteiger partial charge in [-0.25, -0.2) is 0 Å². The van der Waals surface area contributed by atoms with Crippen LogP contribution in [0.25, 0.3) is 10.8 Å². The molecule has 0 bridgehead atoms. The topological polar surface area (TPSA) is 159 Å². The molecule has 2 aromatic carbocycles. The van der Waals surface area contributed by atoms with Gasteiger partial charge in [-0.15, -0.1) is 0 Å². The number of rotatable bonds is 16. The molecule has 69 heavy (non-hydrogen) atoms. The summed E-state index contributed by atoms with van der Waals surface area (Å²) in [6.45, 7) is 10.8. The maximum absolute atomic E-state index is 13.8. The van der Waals surface area contributed by atoms with Crippen molar-refractivity contribution in [3.8, 4) is 0 Å². The summed E-state index contributed by atoms with van der Waals surface area (Å²) in [6.07, 6.45) is 36.0. The first-order valence-corrected chi connectivity index (χ1v) is 23.7. The van der Waals surface area contributed by atoms with Crippen molar-refractivity contribution in [2.24, 2.45) is 9.98 Å². The van der Waals surface area contributed by atoms with E-state index in [-0.39, 0.29) is 42.0 Å². The number of nitrogens with zero attached hydrogens (tertiary/aromatic N) is 8. The van der Waals surface area contributed by atoms with Gasteiger partial charge in [0.1, 0.15) is 0 Å². The van der Waals surface area contributed by atoms with Gasteiger partial charge >= 0.3 is 17.1 Å². The van der Waals surface area contributed by atoms with Crippen molar-refractivity contribution in [3.05, 3.63) is 174 Å². The van der Waals surface area contributed by atoms with Crippen LogP contribution in [0.5, 0.6) is 0 Å². The monoisotopic (exact) mass is 970 g/mol. The first kappa shape index (κ1) is 53.1. The molecule has 358 valence electrons. The maximum Gasteiger partial charge on any atom is 2.00 e. The van der Waals surface area contributed by atoms with Crippen molar-refractivity contribution in [2.75, 3.05) is 105 Å². The molecule has 15 heteroatoms. The number of hydrogen-bond acceptors (Lipinski definition) is 12. The predicted octanol–water partition coefficient (Wildman–Crippen LogP) is 2.42. The van der Waals surface area contributed by atoms with Crippen LogP contribution < -0.4 is 10.2 Å². The molecule has 4 heterocycles. The number of benzene rings is 2. The molecule has 6 fully saturated rings. The fraction of sp³-hybridized carbons (Fsp3) is 0.333. The van der Waals surface area contributed by atoms with Crippen molar-refractivity contribution >= 4 is 46.2 Å². The number of carbonyl (C=O) groups is 4. The Balaban J connectivity index is 0.000000569. The zero-order valence-corrected chi connectivity index (χ0v) is 39.9. The molecule has 8 aliphatic rings. The van der Waals surface area contributed by atoms with Gasteiger partial charge in [-0.1, -0.05) is 0 Å². The third kappa shape index (κ3) is 13.8. The molecular formula is C54H58FeN8O6. The fourth-order valence-electron chi connectivity index (χ4n) is 9.14. The largest absolute Gasteiger partial charge is 2.00 e. The van der Waals surface area contributed by atoms with Crippen LogP contribution >= 0.6 is 0 Å². The molecule has 4 saturated carbocycles. The molecule has 2 aromatic rings. The van der Waals surface area contributed by atoms with Crippen LogP contribution in [0.3, 0.4) is 0 Å². The second-order valence-corrected chi connectivity index (χ2v) is 17.3. The third-order valence-corrected chi connectivity index (χ3v) is 13.0. The molecule has 0 atom stereocenters. The van der Waals surface area contributed by atoms with E-state index < -0.39 is 23.6 Å². The Bertz CT molecular complexity index is 1860. The number of aliphatic imine (C=N–C) groups is 2. The molecule has 0 N–H and O–H groups in total. The van der Waals surface area contributed by atoms with E-state index in [0.29, 0.717) is 71.0 Å². The number of hydrogen-bond donors (Lipinski definition) is 0. The molecule has 2 saturated heterocycles. The van der Waals surface area contributed by atoms with Crippen molar-refractivity contribution in [3.63, 3.8) is 0 Å². The Kier molecular flexibility index (Phi) is 20.5. The molecule has 4 aliphatic carbocycles. The zero-order valence-electron chi connectivity index (χ0n) is 38.8. The summed E-state index contributed by atoms with van der Waals surface area (Å²) in [6, 6.07) is 6.50. The van der Waals surface area contributed by atoms with Gasteiger partial charge in [0, 0.05) is 136 Å². The van der Waals surface area contributed by atoms with Crippen molar-refractivity contribution in [2.45, 2.75) is 12.8 Å². The van der Waals surface area contributed by atoms with E-state index in [9.17, 15) is 29.4 Å². The average Bonchev–Trinajstić information content (AvgIpc) is 4.24. The molecule has 4 amide bonds. The summed E-state index contributed by atoms with van der Waals surface area (Å²) in [5.41, 5.74) is 1.32. The van der Waals surface area contributed by atoms with Gasteiger partial charge in [0.25, 0.3) is 23.6 Å². The molecule has 4 aliphatic heterocycles. The summed E-state index contributed by atoms with van der Waals surface area (Å²) in [4.78, 5) is 75.5. The number of imide groups is 2. The second kappa shape index (κ2) is 26.6. The predicted molar refractivity (Wildman–Crippen MR) is 258 cm³/mol. The minimum atomic E-state index is -0.415. The van der Waals surface area contributed by atoms with Crippen molar-refractivity contribution in [1.82, 2.24) is 29.4 Å². The molecular weight excluding hydrogens is 912 g/mol. The number of amides is 4. The quantitative estimate of drug-likeness (QED) is 0.0805. The summed E-state index contributed by atoms with van der Waals surface area (Å²) in [5.74, 6) is -0.774. The van der Waals surface area contributed by atoms with Crippen molar-refractivity contribution in [1.29, 1.82) is 0 Å². The molecule has 0 spiro atoms. The Morgan fingerprint density at radius 2 is 0.652 bits per heavy atom.